The van der Waals surface area contributed by atoms with Crippen molar-refractivity contribution in [3.8, 4) is 0 Å². The van der Waals surface area contributed by atoms with Crippen molar-refractivity contribution in [1.29, 1.82) is 0 Å². The molecule has 0 saturated heterocycles. The van der Waals surface area contributed by atoms with Gasteiger partial charge in [0.15, 0.2) is 0 Å². The summed E-state index contributed by atoms with van der Waals surface area (Å²) < 4.78 is 19.6. The molecule has 136 valence electrons. The molecule has 0 aliphatic carbocycles. The second-order valence-corrected chi connectivity index (χ2v) is 7.72. The normalized spacial score (nSPS) is 15.1. The Morgan fingerprint density at radius 2 is 2.04 bits per heavy atom. The minimum Gasteiger partial charge on any atom is -0.460 e. The van der Waals surface area contributed by atoms with Gasteiger partial charge in [-0.2, -0.15) is 0 Å². The Hall–Kier alpha value is -1.96. The lowest BCUT2D eigenvalue weighted by molar-refractivity contribution is -0.155. The smallest absolute Gasteiger partial charge is 0.306 e. The number of hydrogen-bond acceptors (Lipinski definition) is 4. The van der Waals surface area contributed by atoms with Crippen molar-refractivity contribution in [3.05, 3.63) is 33.5 Å². The molecule has 1 aromatic rings. The minimum absolute atomic E-state index is 0.0206. The van der Waals surface area contributed by atoms with E-state index in [0.717, 1.165) is 0 Å². The average Bonchev–Trinajstić information content (AvgIpc) is 2.79. The highest BCUT2D eigenvalue weighted by molar-refractivity contribution is 9.10. The van der Waals surface area contributed by atoms with E-state index in [1.54, 1.807) is 20.8 Å². The number of hydrogen-bond donors (Lipinski definition) is 1. The van der Waals surface area contributed by atoms with Crippen LogP contribution < -0.4 is 5.73 Å². The second-order valence-electron chi connectivity index (χ2n) is 6.86. The molecule has 0 radical (unpaired) electrons. The average molecular weight is 415 g/mol. The Labute approximate surface area is 153 Å². The number of halogens is 2. The molecule has 2 N–H and O–H groups in total. The Balaban J connectivity index is 2.14. The number of amides is 2. The van der Waals surface area contributed by atoms with E-state index < -0.39 is 35.2 Å². The van der Waals surface area contributed by atoms with Crippen molar-refractivity contribution < 1.29 is 23.5 Å². The van der Waals surface area contributed by atoms with E-state index in [2.05, 4.69) is 15.9 Å². The Kier molecular flexibility index (Phi) is 5.51. The van der Waals surface area contributed by atoms with Crippen molar-refractivity contribution in [2.24, 2.45) is 5.73 Å². The van der Waals surface area contributed by atoms with Crippen molar-refractivity contribution in [1.82, 2.24) is 4.90 Å². The summed E-state index contributed by atoms with van der Waals surface area (Å²) in [6.45, 7) is 5.13. The van der Waals surface area contributed by atoms with E-state index in [1.807, 2.05) is 0 Å². The van der Waals surface area contributed by atoms with Crippen LogP contribution in [-0.4, -0.2) is 34.3 Å². The lowest BCUT2D eigenvalue weighted by atomic mass is 10.1. The van der Waals surface area contributed by atoms with Gasteiger partial charge in [0.1, 0.15) is 17.5 Å². The van der Waals surface area contributed by atoms with Gasteiger partial charge in [-0.3, -0.25) is 14.4 Å². The number of nitrogens with zero attached hydrogens (tertiary/aromatic N) is 1. The third-order valence-electron chi connectivity index (χ3n) is 3.76. The highest BCUT2D eigenvalue weighted by atomic mass is 79.9. The van der Waals surface area contributed by atoms with Crippen LogP contribution in [0.2, 0.25) is 0 Å². The predicted molar refractivity (Wildman–Crippen MR) is 92.0 cm³/mol. The number of fused-ring (bicyclic) bond motifs is 1. The molecule has 0 spiro atoms. The number of ether oxygens (including phenoxy) is 1. The van der Waals surface area contributed by atoms with Crippen molar-refractivity contribution in [3.63, 3.8) is 0 Å². The maximum atomic E-state index is 14.2. The van der Waals surface area contributed by atoms with Gasteiger partial charge < -0.3 is 15.4 Å². The van der Waals surface area contributed by atoms with Crippen molar-refractivity contribution >= 4 is 33.7 Å². The zero-order valence-electron chi connectivity index (χ0n) is 14.3. The largest absolute Gasteiger partial charge is 0.460 e. The molecule has 1 atom stereocenters. The molecular formula is C17H20BrFN2O4. The maximum absolute atomic E-state index is 14.2. The zero-order valence-corrected chi connectivity index (χ0v) is 15.9. The van der Waals surface area contributed by atoms with E-state index in [1.165, 1.54) is 17.0 Å². The molecule has 8 heteroatoms. The summed E-state index contributed by atoms with van der Waals surface area (Å²) in [5.41, 5.74) is 5.17. The monoisotopic (exact) mass is 414 g/mol. The van der Waals surface area contributed by atoms with Crippen LogP contribution in [0.15, 0.2) is 16.6 Å². The minimum atomic E-state index is -1.01. The van der Waals surface area contributed by atoms with Crippen LogP contribution in [0.25, 0.3) is 0 Å². The van der Waals surface area contributed by atoms with Gasteiger partial charge in [-0.05, 0) is 55.3 Å². The molecule has 0 bridgehead atoms. The fourth-order valence-corrected chi connectivity index (χ4v) is 3.07. The summed E-state index contributed by atoms with van der Waals surface area (Å²) >= 11 is 3.07. The van der Waals surface area contributed by atoms with Crippen molar-refractivity contribution in [2.45, 2.75) is 51.8 Å². The summed E-state index contributed by atoms with van der Waals surface area (Å²) in [5.74, 6) is -2.25. The van der Waals surface area contributed by atoms with Crippen LogP contribution in [0, 0.1) is 5.82 Å². The first-order valence-electron chi connectivity index (χ1n) is 7.80. The Morgan fingerprint density at radius 3 is 2.60 bits per heavy atom. The van der Waals surface area contributed by atoms with Gasteiger partial charge in [-0.15, -0.1) is 0 Å². The Morgan fingerprint density at radius 1 is 1.40 bits per heavy atom. The highest BCUT2D eigenvalue weighted by Gasteiger charge is 2.37. The van der Waals surface area contributed by atoms with E-state index >= 15 is 0 Å². The molecule has 25 heavy (non-hydrogen) atoms. The maximum Gasteiger partial charge on any atom is 0.306 e. The quantitative estimate of drug-likeness (QED) is 0.749. The van der Waals surface area contributed by atoms with Gasteiger partial charge in [-0.25, -0.2) is 4.39 Å². The highest BCUT2D eigenvalue weighted by Crippen LogP contribution is 2.31. The first-order valence-corrected chi connectivity index (χ1v) is 8.59. The number of primary amides is 1. The molecule has 1 aliphatic heterocycles. The molecule has 2 amide bonds. The van der Waals surface area contributed by atoms with E-state index in [-0.39, 0.29) is 35.0 Å². The SMILES string of the molecule is CC(C)(C)OC(=O)CC[C@@H](C(N)=O)N1Cc2c(ccc(Br)c2F)C1=O. The van der Waals surface area contributed by atoms with Gasteiger partial charge in [0.2, 0.25) is 5.91 Å². The lowest BCUT2D eigenvalue weighted by Crippen LogP contribution is -2.45. The van der Waals surface area contributed by atoms with Crippen LogP contribution in [0.5, 0.6) is 0 Å². The Bertz CT molecular complexity index is 730. The number of carbonyl (C=O) groups is 3. The van der Waals surface area contributed by atoms with E-state index in [4.69, 9.17) is 10.5 Å². The van der Waals surface area contributed by atoms with Crippen LogP contribution >= 0.6 is 15.9 Å². The number of benzene rings is 1. The number of nitrogens with two attached hydrogens (primary N) is 1. The molecule has 0 unspecified atom stereocenters. The molecule has 1 aromatic carbocycles. The molecule has 0 aromatic heterocycles. The van der Waals surface area contributed by atoms with Gasteiger partial charge in [0.25, 0.3) is 5.91 Å². The van der Waals surface area contributed by atoms with Crippen LogP contribution in [0.3, 0.4) is 0 Å². The van der Waals surface area contributed by atoms with E-state index in [0.29, 0.717) is 0 Å². The van der Waals surface area contributed by atoms with Gasteiger partial charge in [0, 0.05) is 17.5 Å². The van der Waals surface area contributed by atoms with Crippen LogP contribution in [-0.2, 0) is 20.9 Å². The topological polar surface area (TPSA) is 89.7 Å². The number of rotatable bonds is 5. The summed E-state index contributed by atoms with van der Waals surface area (Å²) in [7, 11) is 0. The molecule has 2 rings (SSSR count). The molecule has 1 heterocycles. The molecular weight excluding hydrogens is 395 g/mol. The molecule has 6 nitrogen and oxygen atoms in total. The van der Waals surface area contributed by atoms with Gasteiger partial charge in [0.05, 0.1) is 11.0 Å². The van der Waals surface area contributed by atoms with Gasteiger partial charge in [-0.1, -0.05) is 0 Å². The predicted octanol–water partition coefficient (Wildman–Crippen LogP) is 2.52. The third kappa shape index (κ3) is 4.36. The second kappa shape index (κ2) is 7.11. The number of esters is 1. The first kappa shape index (κ1) is 19.4. The third-order valence-corrected chi connectivity index (χ3v) is 4.37. The fraction of sp³-hybridized carbons (Fsp3) is 0.471. The molecule has 0 fully saturated rings. The van der Waals surface area contributed by atoms with Crippen molar-refractivity contribution in [2.75, 3.05) is 0 Å². The number of carbonyl (C=O) groups excluding carboxylic acids is 3. The summed E-state index contributed by atoms with van der Waals surface area (Å²) in [6.07, 6.45) is -0.0516. The fourth-order valence-electron chi connectivity index (χ4n) is 2.69. The van der Waals surface area contributed by atoms with Crippen LogP contribution in [0.4, 0.5) is 4.39 Å². The lowest BCUT2D eigenvalue weighted by Gasteiger charge is -2.25. The molecule has 0 saturated carbocycles. The van der Waals surface area contributed by atoms with E-state index in [9.17, 15) is 18.8 Å². The molecule has 1 aliphatic rings. The zero-order chi connectivity index (χ0) is 18.9. The van der Waals surface area contributed by atoms with Crippen LogP contribution in [0.1, 0.15) is 49.5 Å². The summed E-state index contributed by atoms with van der Waals surface area (Å²) in [6, 6.07) is 1.93. The summed E-state index contributed by atoms with van der Waals surface area (Å²) in [5, 5.41) is 0. The first-order chi connectivity index (χ1) is 11.5. The van der Waals surface area contributed by atoms with Gasteiger partial charge >= 0.3 is 5.97 Å². The standard InChI is InChI=1S/C17H20BrFN2O4/c1-17(2,3)25-13(22)7-6-12(15(20)23)21-8-10-9(16(21)24)4-5-11(18)14(10)19/h4-5,12H,6-8H2,1-3H3,(H2,20,23)/t12-/m0/s1. The summed E-state index contributed by atoms with van der Waals surface area (Å²) in [4.78, 5) is 37.4.